The second-order valence-electron chi connectivity index (χ2n) is 11.2. The molecule has 1 unspecified atom stereocenters. The van der Waals surface area contributed by atoms with Crippen molar-refractivity contribution in [2.24, 2.45) is 5.92 Å². The minimum Gasteiger partial charge on any atom is -0.356 e. The minimum absolute atomic E-state index is 0.140. The van der Waals surface area contributed by atoms with Gasteiger partial charge in [0.25, 0.3) is 0 Å². The van der Waals surface area contributed by atoms with Crippen LogP contribution in [-0.2, 0) is 17.8 Å². The summed E-state index contributed by atoms with van der Waals surface area (Å²) < 4.78 is 2.35. The molecule has 1 saturated heterocycles. The first-order valence-corrected chi connectivity index (χ1v) is 13.6. The number of aromatic nitrogens is 3. The molecule has 2 aliphatic carbocycles. The molecule has 1 aromatic carbocycles. The van der Waals surface area contributed by atoms with E-state index in [-0.39, 0.29) is 5.91 Å². The van der Waals surface area contributed by atoms with Gasteiger partial charge in [0.2, 0.25) is 5.91 Å². The lowest BCUT2D eigenvalue weighted by Gasteiger charge is -2.28. The third kappa shape index (κ3) is 3.73. The van der Waals surface area contributed by atoms with Crippen LogP contribution in [0.15, 0.2) is 42.1 Å². The number of carbonyl (C=O) groups is 1. The molecule has 1 radical (unpaired) electrons. The topological polar surface area (TPSA) is 54.3 Å². The average molecular weight is 481 g/mol. The normalized spacial score (nSPS) is 23.9. The molecular formula is C30H34N5O. The zero-order valence-electron chi connectivity index (χ0n) is 21.3. The fourth-order valence-corrected chi connectivity index (χ4v) is 6.59. The summed E-state index contributed by atoms with van der Waals surface area (Å²) in [4.78, 5) is 21.6. The Hall–Kier alpha value is -3.15. The highest BCUT2D eigenvalue weighted by Crippen LogP contribution is 2.46. The molecule has 1 amide bonds. The number of benzene rings is 1. The van der Waals surface area contributed by atoms with Gasteiger partial charge in [0.05, 0.1) is 11.7 Å². The summed E-state index contributed by atoms with van der Waals surface area (Å²) in [5.74, 6) is 3.51. The van der Waals surface area contributed by atoms with Crippen LogP contribution in [0.25, 0.3) is 22.0 Å². The largest absolute Gasteiger partial charge is 0.356 e. The quantitative estimate of drug-likeness (QED) is 0.498. The van der Waals surface area contributed by atoms with Gasteiger partial charge in [-0.15, -0.1) is 0 Å². The van der Waals surface area contributed by atoms with Gasteiger partial charge in [-0.1, -0.05) is 36.8 Å². The van der Waals surface area contributed by atoms with Crippen molar-refractivity contribution < 1.29 is 4.79 Å². The molecule has 36 heavy (non-hydrogen) atoms. The number of amides is 1. The maximum absolute atomic E-state index is 12.3. The lowest BCUT2D eigenvalue weighted by atomic mass is 9.97. The fraction of sp³-hybridized carbons (Fsp3) is 0.467. The molecule has 0 bridgehead atoms. The summed E-state index contributed by atoms with van der Waals surface area (Å²) in [6, 6.07) is 9.19. The van der Waals surface area contributed by atoms with Crippen molar-refractivity contribution in [3.05, 3.63) is 59.3 Å². The maximum atomic E-state index is 12.3. The monoisotopic (exact) mass is 480 g/mol. The molecule has 185 valence electrons. The highest BCUT2D eigenvalue weighted by atomic mass is 16.2. The Bertz CT molecular complexity index is 1390. The van der Waals surface area contributed by atoms with Gasteiger partial charge in [-0.05, 0) is 49.5 Å². The van der Waals surface area contributed by atoms with Crippen molar-refractivity contribution >= 4 is 22.5 Å². The van der Waals surface area contributed by atoms with E-state index < -0.39 is 0 Å². The van der Waals surface area contributed by atoms with E-state index in [0.717, 1.165) is 67.3 Å². The van der Waals surface area contributed by atoms with E-state index in [9.17, 15) is 4.79 Å². The molecule has 4 aliphatic rings. The Labute approximate surface area is 213 Å². The Morgan fingerprint density at radius 1 is 1.08 bits per heavy atom. The molecule has 2 aromatic heterocycles. The standard InChI is InChI=1S/C30H34N5O/c1-19-10-12-34(17-19)29-15-23-4-3-5-25(26(23)16-31-29)30-27-18-33(20(2)36)13-11-28(27)35(32-30)24-8-6-21-14-22(21)7-9-24/h3-5,14-16,19,24H,6-13,17-18H2,1-2H3/t19-/m0/s1. The zero-order valence-corrected chi connectivity index (χ0v) is 21.3. The van der Waals surface area contributed by atoms with Gasteiger partial charge in [0.15, 0.2) is 0 Å². The number of rotatable bonds is 3. The number of fused-ring (bicyclic) bond motifs is 3. The van der Waals surface area contributed by atoms with Crippen LogP contribution in [0.2, 0.25) is 0 Å². The van der Waals surface area contributed by atoms with E-state index in [0.29, 0.717) is 12.6 Å². The predicted molar refractivity (Wildman–Crippen MR) is 143 cm³/mol. The Kier molecular flexibility index (Phi) is 5.19. The van der Waals surface area contributed by atoms with E-state index >= 15 is 0 Å². The van der Waals surface area contributed by atoms with Crippen molar-refractivity contribution in [2.45, 2.75) is 65.0 Å². The average Bonchev–Trinajstić information content (AvgIpc) is 3.40. The number of hydrogen-bond acceptors (Lipinski definition) is 4. The van der Waals surface area contributed by atoms with Crippen molar-refractivity contribution in [2.75, 3.05) is 24.5 Å². The van der Waals surface area contributed by atoms with E-state index in [2.05, 4.69) is 46.8 Å². The van der Waals surface area contributed by atoms with Gasteiger partial charge >= 0.3 is 0 Å². The fourth-order valence-electron chi connectivity index (χ4n) is 6.59. The number of allylic oxidation sites excluding steroid dienone is 2. The van der Waals surface area contributed by atoms with Crippen LogP contribution in [0.4, 0.5) is 5.82 Å². The first-order valence-electron chi connectivity index (χ1n) is 13.6. The minimum atomic E-state index is 0.140. The van der Waals surface area contributed by atoms with Crippen LogP contribution in [0.1, 0.15) is 63.3 Å². The SMILES string of the molecule is CC(=O)N1CCc2c(c(-c3cccc4cc(N5CC[C@H](C)C5)ncc34)nn2C2CC[C]3C=C3CC2)C1. The van der Waals surface area contributed by atoms with Crippen molar-refractivity contribution in [1.82, 2.24) is 19.7 Å². The van der Waals surface area contributed by atoms with Crippen molar-refractivity contribution in [3.8, 4) is 11.3 Å². The first kappa shape index (κ1) is 22.1. The molecule has 0 N–H and O–H groups in total. The third-order valence-electron chi connectivity index (χ3n) is 8.80. The summed E-state index contributed by atoms with van der Waals surface area (Å²) in [7, 11) is 0. The molecule has 6 heteroatoms. The van der Waals surface area contributed by atoms with Crippen LogP contribution in [0, 0.1) is 11.8 Å². The predicted octanol–water partition coefficient (Wildman–Crippen LogP) is 5.48. The van der Waals surface area contributed by atoms with Gasteiger partial charge in [0, 0.05) is 73.8 Å². The lowest BCUT2D eigenvalue weighted by Crippen LogP contribution is -2.35. The molecule has 7 rings (SSSR count). The second kappa shape index (κ2) is 8.46. The van der Waals surface area contributed by atoms with Crippen LogP contribution >= 0.6 is 0 Å². The van der Waals surface area contributed by atoms with Gasteiger partial charge in [-0.2, -0.15) is 5.10 Å². The maximum Gasteiger partial charge on any atom is 0.219 e. The van der Waals surface area contributed by atoms with E-state index in [1.807, 2.05) is 11.1 Å². The molecule has 2 aliphatic heterocycles. The molecule has 0 spiro atoms. The Morgan fingerprint density at radius 2 is 1.97 bits per heavy atom. The van der Waals surface area contributed by atoms with Gasteiger partial charge in [-0.25, -0.2) is 4.98 Å². The van der Waals surface area contributed by atoms with Gasteiger partial charge in [0.1, 0.15) is 5.82 Å². The molecule has 6 nitrogen and oxygen atoms in total. The number of hydrogen-bond donors (Lipinski definition) is 0. The summed E-state index contributed by atoms with van der Waals surface area (Å²) in [6.45, 7) is 7.57. The highest BCUT2D eigenvalue weighted by molar-refractivity contribution is 5.97. The van der Waals surface area contributed by atoms with Crippen LogP contribution < -0.4 is 4.90 Å². The molecule has 1 saturated carbocycles. The van der Waals surface area contributed by atoms with Crippen LogP contribution in [0.3, 0.4) is 0 Å². The zero-order chi connectivity index (χ0) is 24.4. The van der Waals surface area contributed by atoms with Crippen LogP contribution in [0.5, 0.6) is 0 Å². The van der Waals surface area contributed by atoms with Crippen molar-refractivity contribution in [1.29, 1.82) is 0 Å². The van der Waals surface area contributed by atoms with Crippen molar-refractivity contribution in [3.63, 3.8) is 0 Å². The number of carbonyl (C=O) groups excluding carboxylic acids is 1. The first-order chi connectivity index (χ1) is 17.5. The summed E-state index contributed by atoms with van der Waals surface area (Å²) >= 11 is 0. The Balaban J connectivity index is 1.31. The van der Waals surface area contributed by atoms with Gasteiger partial charge < -0.3 is 9.80 Å². The molecule has 4 heterocycles. The van der Waals surface area contributed by atoms with Crippen LogP contribution in [-0.4, -0.2) is 45.2 Å². The summed E-state index contributed by atoms with van der Waals surface area (Å²) in [5.41, 5.74) is 6.30. The molecule has 2 atom stereocenters. The van der Waals surface area contributed by atoms with E-state index in [4.69, 9.17) is 10.1 Å². The van der Waals surface area contributed by atoms with E-state index in [1.54, 1.807) is 18.4 Å². The molecule has 2 fully saturated rings. The Morgan fingerprint density at radius 3 is 2.81 bits per heavy atom. The summed E-state index contributed by atoms with van der Waals surface area (Å²) in [5, 5.41) is 7.68. The lowest BCUT2D eigenvalue weighted by molar-refractivity contribution is -0.129. The second-order valence-corrected chi connectivity index (χ2v) is 11.2. The van der Waals surface area contributed by atoms with E-state index in [1.165, 1.54) is 35.9 Å². The smallest absolute Gasteiger partial charge is 0.219 e. The number of pyridine rings is 1. The third-order valence-corrected chi connectivity index (χ3v) is 8.80. The number of nitrogens with zero attached hydrogens (tertiary/aromatic N) is 5. The summed E-state index contributed by atoms with van der Waals surface area (Å²) in [6.07, 6.45) is 11.1. The number of anilines is 1. The van der Waals surface area contributed by atoms with Gasteiger partial charge in [-0.3, -0.25) is 9.48 Å². The highest BCUT2D eigenvalue weighted by Gasteiger charge is 2.34. The molecule has 3 aromatic rings. The molecular weight excluding hydrogens is 446 g/mol.